The Kier molecular flexibility index (Phi) is 6.95. The van der Waals surface area contributed by atoms with E-state index in [4.69, 9.17) is 4.74 Å². The summed E-state index contributed by atoms with van der Waals surface area (Å²) < 4.78 is 18.0. The van der Waals surface area contributed by atoms with Gasteiger partial charge in [0.25, 0.3) is 0 Å². The van der Waals surface area contributed by atoms with Crippen LogP contribution in [0, 0.1) is 11.3 Å². The lowest BCUT2D eigenvalue weighted by Crippen LogP contribution is -2.32. The summed E-state index contributed by atoms with van der Waals surface area (Å²) in [6.07, 6.45) is 0.793. The number of nitrogens with zero attached hydrogens (tertiary/aromatic N) is 1. The molecule has 4 heteroatoms. The second-order valence-corrected chi connectivity index (χ2v) is 11.0. The number of rotatable bonds is 8. The Balaban J connectivity index is 1.92. The lowest BCUT2D eigenvalue weighted by molar-refractivity contribution is 0.273. The molecular formula is C28H24FNOP+. The van der Waals surface area contributed by atoms with Crippen molar-refractivity contribution in [3.63, 3.8) is 0 Å². The summed E-state index contributed by atoms with van der Waals surface area (Å²) in [4.78, 5) is 0. The molecule has 0 heterocycles. The van der Waals surface area contributed by atoms with Crippen molar-refractivity contribution in [2.75, 3.05) is 13.3 Å². The van der Waals surface area contributed by atoms with Crippen molar-refractivity contribution in [1.82, 2.24) is 0 Å². The minimum absolute atomic E-state index is 0.0535. The van der Waals surface area contributed by atoms with E-state index in [2.05, 4.69) is 72.8 Å². The average molecular weight is 439 g/mol. The molecule has 0 aromatic heterocycles. The molecule has 0 bridgehead atoms. The van der Waals surface area contributed by atoms with Crippen LogP contribution in [0.15, 0.2) is 109 Å². The first-order chi connectivity index (χ1) is 15.8. The van der Waals surface area contributed by atoms with Crippen molar-refractivity contribution in [1.29, 1.82) is 5.26 Å². The number of hydrogen-bond acceptors (Lipinski definition) is 2. The van der Waals surface area contributed by atoms with Crippen LogP contribution in [0.4, 0.5) is 4.39 Å². The van der Waals surface area contributed by atoms with E-state index in [1.165, 1.54) is 15.9 Å². The highest BCUT2D eigenvalue weighted by atomic mass is 31.2. The van der Waals surface area contributed by atoms with Gasteiger partial charge >= 0.3 is 0 Å². The monoisotopic (exact) mass is 439 g/mol. The lowest BCUT2D eigenvalue weighted by atomic mass is 10.2. The SMILES string of the molecule is N#Cc1cccc(C[P+](c2ccccc2)(c2ccccc2)c2ccc(OCC[18F])cc2)c1. The van der Waals surface area contributed by atoms with Gasteiger partial charge < -0.3 is 4.74 Å². The Morgan fingerprint density at radius 1 is 0.719 bits per heavy atom. The Hall–Kier alpha value is -3.47. The summed E-state index contributed by atoms with van der Waals surface area (Å²) >= 11 is 0. The molecule has 2 nitrogen and oxygen atoms in total. The molecule has 0 unspecified atom stereocenters. The molecule has 0 N–H and O–H groups in total. The zero-order valence-corrected chi connectivity index (χ0v) is 18.6. The molecule has 4 aromatic carbocycles. The van der Waals surface area contributed by atoms with Crippen molar-refractivity contribution in [3.8, 4) is 11.8 Å². The van der Waals surface area contributed by atoms with Gasteiger partial charge in [-0.15, -0.1) is 0 Å². The molecule has 0 aliphatic carbocycles. The quantitative estimate of drug-likeness (QED) is 0.345. The van der Waals surface area contributed by atoms with E-state index < -0.39 is 13.9 Å². The van der Waals surface area contributed by atoms with Gasteiger partial charge in [-0.25, -0.2) is 4.39 Å². The van der Waals surface area contributed by atoms with E-state index in [0.717, 1.165) is 11.7 Å². The number of benzene rings is 4. The largest absolute Gasteiger partial charge is 0.491 e. The molecule has 4 rings (SSSR count). The zero-order valence-electron chi connectivity index (χ0n) is 17.7. The van der Waals surface area contributed by atoms with E-state index in [1.807, 2.05) is 42.5 Å². The van der Waals surface area contributed by atoms with Crippen molar-refractivity contribution in [3.05, 3.63) is 120 Å². The van der Waals surface area contributed by atoms with E-state index in [9.17, 15) is 9.65 Å². The summed E-state index contributed by atoms with van der Waals surface area (Å²) in [5, 5.41) is 13.2. The minimum Gasteiger partial charge on any atom is -0.491 e. The first-order valence-electron chi connectivity index (χ1n) is 10.5. The molecule has 0 saturated heterocycles. The number of alkyl halides is 1. The third-order valence-electron chi connectivity index (χ3n) is 5.49. The van der Waals surface area contributed by atoms with Gasteiger partial charge in [-0.2, -0.15) is 5.26 Å². The van der Waals surface area contributed by atoms with Gasteiger partial charge in [0, 0.05) is 0 Å². The van der Waals surface area contributed by atoms with E-state index in [0.29, 0.717) is 11.3 Å². The number of ether oxygens (including phenoxy) is 1. The molecule has 158 valence electrons. The number of nitriles is 1. The zero-order chi connectivity index (χ0) is 22.2. The van der Waals surface area contributed by atoms with Crippen LogP contribution in [0.3, 0.4) is 0 Å². The van der Waals surface area contributed by atoms with E-state index in [-0.39, 0.29) is 6.61 Å². The van der Waals surface area contributed by atoms with Gasteiger partial charge in [-0.05, 0) is 66.2 Å². The highest BCUT2D eigenvalue weighted by Gasteiger charge is 2.45. The normalized spacial score (nSPS) is 11.0. The molecule has 0 aliphatic heterocycles. The predicted octanol–water partition coefficient (Wildman–Crippen LogP) is 5.40. The third kappa shape index (κ3) is 4.57. The smallest absolute Gasteiger partial charge is 0.123 e. The molecule has 0 fully saturated rings. The fourth-order valence-electron chi connectivity index (χ4n) is 4.05. The average Bonchev–Trinajstić information content (AvgIpc) is 2.87. The third-order valence-corrected chi connectivity index (χ3v) is 9.87. The Morgan fingerprint density at radius 3 is 1.88 bits per heavy atom. The van der Waals surface area contributed by atoms with Crippen molar-refractivity contribution >= 4 is 23.2 Å². The standard InChI is InChI=1S/C28H24FNOP/c29-18-19-31-25-14-16-28(17-15-25)32(26-10-3-1-4-11-26,27-12-5-2-6-13-27)22-24-9-7-8-23(20-24)21-30/h1-17,20H,18-19,22H2/q+1/i29-1. The molecule has 4 aromatic rings. The fraction of sp³-hybridized carbons (Fsp3) is 0.107. The molecule has 0 atom stereocenters. The molecule has 0 radical (unpaired) electrons. The molecule has 0 aliphatic rings. The van der Waals surface area contributed by atoms with Gasteiger partial charge in [0.15, 0.2) is 0 Å². The maximum Gasteiger partial charge on any atom is 0.123 e. The summed E-state index contributed by atoms with van der Waals surface area (Å²) in [5.41, 5.74) is 1.79. The number of halogens is 1. The van der Waals surface area contributed by atoms with Crippen LogP contribution in [0.5, 0.6) is 5.75 Å². The predicted molar refractivity (Wildman–Crippen MR) is 131 cm³/mol. The minimum atomic E-state index is -2.09. The van der Waals surface area contributed by atoms with Gasteiger partial charge in [0.05, 0.1) is 17.8 Å². The Labute approximate surface area is 189 Å². The molecule has 0 amide bonds. The van der Waals surface area contributed by atoms with Crippen molar-refractivity contribution in [2.45, 2.75) is 6.16 Å². The second-order valence-electron chi connectivity index (χ2n) is 7.48. The first-order valence-corrected chi connectivity index (χ1v) is 12.5. The van der Waals surface area contributed by atoms with Crippen LogP contribution in [-0.2, 0) is 6.16 Å². The summed E-state index contributed by atoms with van der Waals surface area (Å²) in [6.45, 7) is -0.458. The molecule has 0 saturated carbocycles. The Morgan fingerprint density at radius 2 is 1.31 bits per heavy atom. The van der Waals surface area contributed by atoms with Crippen LogP contribution < -0.4 is 20.7 Å². The van der Waals surface area contributed by atoms with Gasteiger partial charge in [0.2, 0.25) is 0 Å². The maximum absolute atomic E-state index is 12.6. The highest BCUT2D eigenvalue weighted by Crippen LogP contribution is 2.58. The molecular weight excluding hydrogens is 415 g/mol. The topological polar surface area (TPSA) is 33.0 Å². The van der Waals surface area contributed by atoms with Gasteiger partial charge in [-0.1, -0.05) is 48.5 Å². The fourth-order valence-corrected chi connectivity index (χ4v) is 8.26. The van der Waals surface area contributed by atoms with E-state index >= 15 is 0 Å². The van der Waals surface area contributed by atoms with E-state index in [1.54, 1.807) is 0 Å². The van der Waals surface area contributed by atoms with Gasteiger partial charge in [-0.3, -0.25) is 0 Å². The highest BCUT2D eigenvalue weighted by molar-refractivity contribution is 7.95. The van der Waals surface area contributed by atoms with Gasteiger partial charge in [0.1, 0.15) is 42.2 Å². The van der Waals surface area contributed by atoms with Crippen LogP contribution in [-0.4, -0.2) is 13.3 Å². The van der Waals surface area contributed by atoms with Crippen molar-refractivity contribution < 1.29 is 9.13 Å². The summed E-state index contributed by atoms with van der Waals surface area (Å²) in [6, 6.07) is 39.4. The van der Waals surface area contributed by atoms with Crippen LogP contribution in [0.1, 0.15) is 11.1 Å². The summed E-state index contributed by atoms with van der Waals surface area (Å²) in [7, 11) is -2.09. The lowest BCUT2D eigenvalue weighted by Gasteiger charge is -2.28. The molecule has 32 heavy (non-hydrogen) atoms. The summed E-state index contributed by atoms with van der Waals surface area (Å²) in [5.74, 6) is 0.664. The van der Waals surface area contributed by atoms with Crippen LogP contribution in [0.2, 0.25) is 0 Å². The Bertz CT molecular complexity index is 1150. The number of hydrogen-bond donors (Lipinski definition) is 0. The second kappa shape index (κ2) is 10.2. The maximum atomic E-state index is 12.6. The first kappa shape index (κ1) is 21.8. The van der Waals surface area contributed by atoms with Crippen LogP contribution in [0.25, 0.3) is 0 Å². The van der Waals surface area contributed by atoms with Crippen molar-refractivity contribution in [2.24, 2.45) is 0 Å². The van der Waals surface area contributed by atoms with Crippen LogP contribution >= 0.6 is 7.26 Å². The molecule has 0 spiro atoms.